The minimum Gasteiger partial charge on any atom is -0.493 e. The second kappa shape index (κ2) is 9.69. The summed E-state index contributed by atoms with van der Waals surface area (Å²) in [4.78, 5) is 35.4. The molecule has 1 aromatic carbocycles. The number of H-pyrrole nitrogens is 2. The van der Waals surface area contributed by atoms with Crippen LogP contribution in [0.2, 0.25) is 0 Å². The molecule has 1 saturated heterocycles. The first kappa shape index (κ1) is 23.2. The van der Waals surface area contributed by atoms with Gasteiger partial charge >= 0.3 is 5.69 Å². The van der Waals surface area contributed by atoms with Crippen molar-refractivity contribution in [1.29, 1.82) is 0 Å². The number of imidazole rings is 1. The molecule has 0 atom stereocenters. The first-order valence-corrected chi connectivity index (χ1v) is 12.6. The smallest absolute Gasteiger partial charge is 0.326 e. The highest BCUT2D eigenvalue weighted by atomic mass is 16.3. The van der Waals surface area contributed by atoms with Crippen molar-refractivity contribution >= 4 is 23.4 Å². The third-order valence-electron chi connectivity index (χ3n) is 6.75. The maximum atomic E-state index is 11.6. The lowest BCUT2D eigenvalue weighted by atomic mass is 10.1. The fourth-order valence-electron chi connectivity index (χ4n) is 4.59. The van der Waals surface area contributed by atoms with Crippen LogP contribution in [-0.4, -0.2) is 78.8 Å². The van der Waals surface area contributed by atoms with Crippen LogP contribution in [0.25, 0.3) is 11.7 Å². The van der Waals surface area contributed by atoms with Crippen LogP contribution in [0.1, 0.15) is 30.5 Å². The van der Waals surface area contributed by atoms with E-state index in [1.54, 1.807) is 16.8 Å². The molecular formula is C25H30N10O2. The second-order valence-corrected chi connectivity index (χ2v) is 9.65. The predicted molar refractivity (Wildman–Crippen MR) is 139 cm³/mol. The Balaban J connectivity index is 1.34. The molecule has 2 fully saturated rings. The molecule has 0 amide bonds. The van der Waals surface area contributed by atoms with E-state index in [9.17, 15) is 9.90 Å². The van der Waals surface area contributed by atoms with E-state index in [1.165, 1.54) is 11.3 Å². The van der Waals surface area contributed by atoms with E-state index >= 15 is 0 Å². The summed E-state index contributed by atoms with van der Waals surface area (Å²) in [6, 6.07) is 8.69. The molecule has 12 nitrogen and oxygen atoms in total. The Bertz CT molecular complexity index is 1600. The number of nitrogens with one attached hydrogen (secondary N) is 3. The Kier molecular flexibility index (Phi) is 6.08. The minimum atomic E-state index is -0.489. The van der Waals surface area contributed by atoms with Gasteiger partial charge in [-0.1, -0.05) is 18.2 Å². The summed E-state index contributed by atoms with van der Waals surface area (Å²) in [5.74, 6) is 0.204. The van der Waals surface area contributed by atoms with Crippen molar-refractivity contribution in [2.75, 3.05) is 43.4 Å². The first-order valence-electron chi connectivity index (χ1n) is 12.6. The van der Waals surface area contributed by atoms with Crippen molar-refractivity contribution < 1.29 is 5.11 Å². The zero-order chi connectivity index (χ0) is 25.4. The van der Waals surface area contributed by atoms with E-state index in [-0.39, 0.29) is 17.6 Å². The van der Waals surface area contributed by atoms with Crippen LogP contribution in [0.5, 0.6) is 5.88 Å². The second-order valence-electron chi connectivity index (χ2n) is 9.65. The topological polar surface area (TPSA) is 143 Å². The van der Waals surface area contributed by atoms with Gasteiger partial charge in [-0.15, -0.1) is 0 Å². The van der Waals surface area contributed by atoms with Crippen molar-refractivity contribution in [3.05, 3.63) is 63.0 Å². The zero-order valence-electron chi connectivity index (χ0n) is 20.7. The monoisotopic (exact) mass is 502 g/mol. The Morgan fingerprint density at radius 2 is 2.03 bits per heavy atom. The maximum Gasteiger partial charge on any atom is 0.326 e. The fraction of sp³-hybridized carbons (Fsp3) is 0.400. The Labute approximate surface area is 212 Å². The van der Waals surface area contributed by atoms with Gasteiger partial charge in [0.2, 0.25) is 11.8 Å². The summed E-state index contributed by atoms with van der Waals surface area (Å²) >= 11 is 0. The van der Waals surface area contributed by atoms with Crippen LogP contribution < -0.4 is 26.7 Å². The molecule has 6 rings (SSSR count). The third-order valence-corrected chi connectivity index (χ3v) is 6.75. The molecule has 0 radical (unpaired) electrons. The van der Waals surface area contributed by atoms with Crippen LogP contribution in [0.4, 0.5) is 11.6 Å². The quantitative estimate of drug-likeness (QED) is 0.293. The van der Waals surface area contributed by atoms with E-state index in [4.69, 9.17) is 9.98 Å². The van der Waals surface area contributed by atoms with Gasteiger partial charge in [0, 0.05) is 37.1 Å². The molecule has 0 bridgehead atoms. The van der Waals surface area contributed by atoms with Gasteiger partial charge in [0.15, 0.2) is 5.65 Å². The average molecular weight is 503 g/mol. The number of aromatic nitrogens is 6. The predicted octanol–water partition coefficient (Wildman–Crippen LogP) is 0.211. The normalized spacial score (nSPS) is 18.0. The number of anilines is 2. The molecule has 2 aliphatic rings. The summed E-state index contributed by atoms with van der Waals surface area (Å²) in [7, 11) is 2.17. The largest absolute Gasteiger partial charge is 0.493 e. The number of hydrogen-bond donors (Lipinski definition) is 4. The number of para-hydroxylation sites is 1. The van der Waals surface area contributed by atoms with Gasteiger partial charge in [-0.2, -0.15) is 19.6 Å². The average Bonchev–Trinajstić information content (AvgIpc) is 3.58. The van der Waals surface area contributed by atoms with Crippen molar-refractivity contribution in [2.24, 2.45) is 4.99 Å². The molecule has 0 spiro atoms. The van der Waals surface area contributed by atoms with Gasteiger partial charge in [-0.05, 0) is 50.6 Å². The van der Waals surface area contributed by atoms with E-state index < -0.39 is 5.69 Å². The summed E-state index contributed by atoms with van der Waals surface area (Å²) in [5.41, 5.74) is 3.17. The van der Waals surface area contributed by atoms with Crippen LogP contribution in [0.15, 0.2) is 40.2 Å². The first-order chi connectivity index (χ1) is 18.0. The Morgan fingerprint density at radius 3 is 2.84 bits per heavy atom. The lowest BCUT2D eigenvalue weighted by molar-refractivity contribution is 0.360. The van der Waals surface area contributed by atoms with Crippen molar-refractivity contribution in [2.45, 2.75) is 31.8 Å². The Morgan fingerprint density at radius 1 is 1.16 bits per heavy atom. The SMILES string of the molecule is CN1CCCN(c2ccccc2CNc2nc(=NC3CC3)n3nc/c(=C/c4[nH]c(=O)[nH]c4O)c3n2)CC1. The third kappa shape index (κ3) is 5.05. The molecule has 4 aromatic rings. The van der Waals surface area contributed by atoms with Crippen molar-refractivity contribution in [3.63, 3.8) is 0 Å². The van der Waals surface area contributed by atoms with Crippen molar-refractivity contribution in [3.8, 4) is 5.88 Å². The van der Waals surface area contributed by atoms with E-state index in [2.05, 4.69) is 66.5 Å². The molecule has 192 valence electrons. The summed E-state index contributed by atoms with van der Waals surface area (Å²) in [6.07, 6.45) is 6.44. The highest BCUT2D eigenvalue weighted by Crippen LogP contribution is 2.23. The lowest BCUT2D eigenvalue weighted by Gasteiger charge is -2.25. The molecule has 0 unspecified atom stereocenters. The van der Waals surface area contributed by atoms with E-state index in [0.29, 0.717) is 29.0 Å². The van der Waals surface area contributed by atoms with Gasteiger partial charge in [-0.25, -0.2) is 9.79 Å². The number of aromatic amines is 2. The summed E-state index contributed by atoms with van der Waals surface area (Å²) < 4.78 is 1.60. The van der Waals surface area contributed by atoms with Crippen LogP contribution >= 0.6 is 0 Å². The van der Waals surface area contributed by atoms with Gasteiger partial charge in [0.1, 0.15) is 5.69 Å². The molecule has 4 heterocycles. The molecular weight excluding hydrogens is 472 g/mol. The van der Waals surface area contributed by atoms with Crippen LogP contribution in [-0.2, 0) is 6.54 Å². The number of benzene rings is 1. The van der Waals surface area contributed by atoms with Crippen molar-refractivity contribution in [1.82, 2.24) is 34.4 Å². The lowest BCUT2D eigenvalue weighted by Crippen LogP contribution is -2.29. The Hall–Kier alpha value is -4.19. The number of fused-ring (bicyclic) bond motifs is 1. The summed E-state index contributed by atoms with van der Waals surface area (Å²) in [5, 5.41) is 18.4. The minimum absolute atomic E-state index is 0.240. The van der Waals surface area contributed by atoms with E-state index in [1.807, 2.05) is 0 Å². The number of aromatic hydroxyl groups is 1. The van der Waals surface area contributed by atoms with Gasteiger partial charge in [0.25, 0.3) is 5.62 Å². The number of rotatable bonds is 6. The standard InChI is InChI=1S/C25H30N10O2/c1-33-9-4-10-34(12-11-33)20-6-3-2-5-16(20)14-26-23-30-21-17(13-19-22(36)31-25(37)29-19)15-27-35(21)24(32-23)28-18-7-8-18/h2-3,5-6,13,15,18,36H,4,7-12,14H2,1H3,(H,26,28,32)(H2,29,31,37)/b17-13-. The fourth-order valence-corrected chi connectivity index (χ4v) is 4.59. The zero-order valence-corrected chi connectivity index (χ0v) is 20.7. The van der Waals surface area contributed by atoms with Crippen LogP contribution in [0.3, 0.4) is 0 Å². The molecule has 37 heavy (non-hydrogen) atoms. The van der Waals surface area contributed by atoms with Gasteiger partial charge < -0.3 is 25.2 Å². The molecule has 1 aliphatic carbocycles. The van der Waals surface area contributed by atoms with Gasteiger partial charge in [-0.3, -0.25) is 4.98 Å². The highest BCUT2D eigenvalue weighted by molar-refractivity contribution is 5.58. The number of nitrogens with zero attached hydrogens (tertiary/aromatic N) is 7. The number of likely N-dealkylation sites (N-methyl/N-ethyl adjacent to an activating group) is 1. The molecule has 4 N–H and O–H groups in total. The summed E-state index contributed by atoms with van der Waals surface area (Å²) in [6.45, 7) is 4.72. The molecule has 1 aliphatic heterocycles. The van der Waals surface area contributed by atoms with Gasteiger partial charge in [0.05, 0.1) is 12.2 Å². The molecule has 1 saturated carbocycles. The molecule has 12 heteroatoms. The maximum absolute atomic E-state index is 11.6. The molecule has 3 aromatic heterocycles. The van der Waals surface area contributed by atoms with E-state index in [0.717, 1.165) is 45.4 Å². The highest BCUT2D eigenvalue weighted by Gasteiger charge is 2.21. The number of hydrogen-bond acceptors (Lipinski definition) is 9. The van der Waals surface area contributed by atoms with Crippen LogP contribution in [0, 0.1) is 0 Å².